The molecule has 1 amide bonds. The molecule has 0 saturated carbocycles. The first-order valence-electron chi connectivity index (χ1n) is 6.52. The molecular weight excluding hydrogens is 297 g/mol. The first kappa shape index (κ1) is 15.9. The summed E-state index contributed by atoms with van der Waals surface area (Å²) in [5, 5.41) is 2.51. The van der Waals surface area contributed by atoms with E-state index in [4.69, 9.17) is 0 Å². The molecule has 0 atom stereocenters. The summed E-state index contributed by atoms with van der Waals surface area (Å²) in [6, 6.07) is 5.06. The smallest absolute Gasteiger partial charge is 0.310 e. The van der Waals surface area contributed by atoms with Crippen LogP contribution < -0.4 is 5.32 Å². The van der Waals surface area contributed by atoms with Gasteiger partial charge in [-0.3, -0.25) is 4.79 Å². The fourth-order valence-corrected chi connectivity index (χ4v) is 1.75. The third-order valence-corrected chi connectivity index (χ3v) is 2.79. The zero-order valence-corrected chi connectivity index (χ0v) is 11.7. The van der Waals surface area contributed by atoms with Crippen molar-refractivity contribution in [3.8, 4) is 0 Å². The van der Waals surface area contributed by atoms with Crippen LogP contribution in [0.3, 0.4) is 0 Å². The summed E-state index contributed by atoms with van der Waals surface area (Å²) in [6.07, 6.45) is -2.80. The highest BCUT2D eigenvalue weighted by molar-refractivity contribution is 5.91. The van der Waals surface area contributed by atoms with E-state index >= 15 is 0 Å². The summed E-state index contributed by atoms with van der Waals surface area (Å²) in [4.78, 5) is 23.2. The normalized spacial score (nSPS) is 11.3. The average Bonchev–Trinajstić information content (AvgIpc) is 2.46. The van der Waals surface area contributed by atoms with E-state index in [1.54, 1.807) is 6.07 Å². The van der Waals surface area contributed by atoms with E-state index in [0.717, 1.165) is 11.8 Å². The summed E-state index contributed by atoms with van der Waals surface area (Å²) in [5.41, 5.74) is -0.229. The first-order valence-corrected chi connectivity index (χ1v) is 6.52. The van der Waals surface area contributed by atoms with Gasteiger partial charge in [-0.15, -0.1) is 0 Å². The topological polar surface area (TPSA) is 67.8 Å². The zero-order valence-electron chi connectivity index (χ0n) is 11.7. The number of hydrogen-bond donors (Lipinski definition) is 1. The molecule has 0 bridgehead atoms. The van der Waals surface area contributed by atoms with Gasteiger partial charge in [0, 0.05) is 11.8 Å². The minimum atomic E-state index is -4.53. The molecule has 2 aromatic rings. The van der Waals surface area contributed by atoms with Crippen LogP contribution in [-0.2, 0) is 23.8 Å². The van der Waals surface area contributed by atoms with Crippen molar-refractivity contribution in [2.45, 2.75) is 25.9 Å². The third kappa shape index (κ3) is 4.24. The van der Waals surface area contributed by atoms with Crippen LogP contribution in [0.15, 0.2) is 30.6 Å². The largest absolute Gasteiger partial charge is 0.433 e. The Balaban J connectivity index is 2.06. The lowest BCUT2D eigenvalue weighted by atomic mass is 10.2. The van der Waals surface area contributed by atoms with Crippen LogP contribution in [-0.4, -0.2) is 20.9 Å². The van der Waals surface area contributed by atoms with Gasteiger partial charge in [-0.25, -0.2) is 15.0 Å². The second-order valence-corrected chi connectivity index (χ2v) is 4.49. The van der Waals surface area contributed by atoms with E-state index in [2.05, 4.69) is 20.3 Å². The lowest BCUT2D eigenvalue weighted by Crippen LogP contribution is -2.17. The van der Waals surface area contributed by atoms with Crippen LogP contribution >= 0.6 is 0 Å². The molecule has 5 nitrogen and oxygen atoms in total. The fourth-order valence-electron chi connectivity index (χ4n) is 1.75. The van der Waals surface area contributed by atoms with Gasteiger partial charge in [-0.2, -0.15) is 13.2 Å². The highest BCUT2D eigenvalue weighted by Crippen LogP contribution is 2.27. The molecular formula is C14H13F3N4O. The summed E-state index contributed by atoms with van der Waals surface area (Å²) < 4.78 is 37.7. The van der Waals surface area contributed by atoms with Gasteiger partial charge in [0.05, 0.1) is 12.1 Å². The molecule has 1 N–H and O–H groups in total. The van der Waals surface area contributed by atoms with Crippen LogP contribution in [0.1, 0.15) is 24.0 Å². The minimum absolute atomic E-state index is 0.0390. The van der Waals surface area contributed by atoms with E-state index in [1.165, 1.54) is 18.5 Å². The fraction of sp³-hybridized carbons (Fsp3) is 0.286. The monoisotopic (exact) mass is 310 g/mol. The SMILES string of the molecule is CCc1cc(NC(=O)Cc2cccc(C(F)(F)F)n2)ncn1. The van der Waals surface area contributed by atoms with Gasteiger partial charge in [0.1, 0.15) is 17.8 Å². The molecule has 0 spiro atoms. The van der Waals surface area contributed by atoms with Gasteiger partial charge >= 0.3 is 6.18 Å². The first-order chi connectivity index (χ1) is 10.4. The maximum atomic E-state index is 12.6. The molecule has 0 aliphatic heterocycles. The molecule has 0 fully saturated rings. The second-order valence-electron chi connectivity index (χ2n) is 4.49. The predicted molar refractivity (Wildman–Crippen MR) is 73.0 cm³/mol. The number of carbonyl (C=O) groups excluding carboxylic acids is 1. The van der Waals surface area contributed by atoms with Gasteiger partial charge in [0.25, 0.3) is 0 Å². The lowest BCUT2D eigenvalue weighted by Gasteiger charge is -2.08. The Morgan fingerprint density at radius 2 is 2.00 bits per heavy atom. The molecule has 116 valence electrons. The van der Waals surface area contributed by atoms with Crippen molar-refractivity contribution in [2.24, 2.45) is 0 Å². The van der Waals surface area contributed by atoms with Gasteiger partial charge in [-0.05, 0) is 18.6 Å². The minimum Gasteiger partial charge on any atom is -0.310 e. The number of nitrogens with zero attached hydrogens (tertiary/aromatic N) is 3. The van der Waals surface area contributed by atoms with E-state index in [-0.39, 0.29) is 12.1 Å². The summed E-state index contributed by atoms with van der Waals surface area (Å²) >= 11 is 0. The molecule has 2 aromatic heterocycles. The summed E-state index contributed by atoms with van der Waals surface area (Å²) in [7, 11) is 0. The standard InChI is InChI=1S/C14H13F3N4O/c1-2-9-6-12(19-8-18-9)21-13(22)7-10-4-3-5-11(20-10)14(15,16)17/h3-6,8H,2,7H2,1H3,(H,18,19,21,22). The number of anilines is 1. The van der Waals surface area contributed by atoms with Crippen LogP contribution in [0.25, 0.3) is 0 Å². The van der Waals surface area contributed by atoms with Crippen molar-refractivity contribution in [1.29, 1.82) is 0 Å². The Bertz CT molecular complexity index is 673. The lowest BCUT2D eigenvalue weighted by molar-refractivity contribution is -0.141. The van der Waals surface area contributed by atoms with Crippen LogP contribution in [0.5, 0.6) is 0 Å². The second kappa shape index (κ2) is 6.50. The Hall–Kier alpha value is -2.51. The van der Waals surface area contributed by atoms with E-state index in [0.29, 0.717) is 12.2 Å². The zero-order chi connectivity index (χ0) is 16.2. The van der Waals surface area contributed by atoms with Crippen molar-refractivity contribution >= 4 is 11.7 Å². The average molecular weight is 310 g/mol. The molecule has 0 aliphatic carbocycles. The molecule has 2 heterocycles. The third-order valence-electron chi connectivity index (χ3n) is 2.79. The van der Waals surface area contributed by atoms with E-state index < -0.39 is 17.8 Å². The van der Waals surface area contributed by atoms with Gasteiger partial charge in [0.15, 0.2) is 0 Å². The Labute approximate surface area is 124 Å². The molecule has 0 saturated heterocycles. The highest BCUT2D eigenvalue weighted by atomic mass is 19.4. The van der Waals surface area contributed by atoms with Crippen molar-refractivity contribution in [1.82, 2.24) is 15.0 Å². The Kier molecular flexibility index (Phi) is 4.69. The Morgan fingerprint density at radius 1 is 1.23 bits per heavy atom. The number of halogens is 3. The van der Waals surface area contributed by atoms with Crippen LogP contribution in [0, 0.1) is 0 Å². The van der Waals surface area contributed by atoms with Crippen LogP contribution in [0.4, 0.5) is 19.0 Å². The molecule has 2 rings (SSSR count). The number of aryl methyl sites for hydroxylation is 1. The maximum absolute atomic E-state index is 12.6. The van der Waals surface area contributed by atoms with Crippen LogP contribution in [0.2, 0.25) is 0 Å². The highest BCUT2D eigenvalue weighted by Gasteiger charge is 2.32. The Morgan fingerprint density at radius 3 is 2.68 bits per heavy atom. The van der Waals surface area contributed by atoms with E-state index in [1.807, 2.05) is 6.92 Å². The molecule has 0 unspecified atom stereocenters. The number of amides is 1. The number of carbonyl (C=O) groups is 1. The molecule has 22 heavy (non-hydrogen) atoms. The number of aromatic nitrogens is 3. The summed E-state index contributed by atoms with van der Waals surface area (Å²) in [6.45, 7) is 1.90. The molecule has 0 radical (unpaired) electrons. The van der Waals surface area contributed by atoms with Crippen molar-refractivity contribution in [2.75, 3.05) is 5.32 Å². The van der Waals surface area contributed by atoms with Crippen molar-refractivity contribution in [3.05, 3.63) is 47.7 Å². The number of nitrogens with one attached hydrogen (secondary N) is 1. The van der Waals surface area contributed by atoms with Crippen molar-refractivity contribution < 1.29 is 18.0 Å². The number of rotatable bonds is 4. The number of hydrogen-bond acceptors (Lipinski definition) is 4. The maximum Gasteiger partial charge on any atom is 0.433 e. The number of pyridine rings is 1. The van der Waals surface area contributed by atoms with Gasteiger partial charge in [-0.1, -0.05) is 13.0 Å². The van der Waals surface area contributed by atoms with Gasteiger partial charge in [0.2, 0.25) is 5.91 Å². The predicted octanol–water partition coefficient (Wildman–Crippen LogP) is 2.63. The van der Waals surface area contributed by atoms with E-state index in [9.17, 15) is 18.0 Å². The molecule has 0 aliphatic rings. The van der Waals surface area contributed by atoms with Gasteiger partial charge < -0.3 is 5.32 Å². The summed E-state index contributed by atoms with van der Waals surface area (Å²) in [5.74, 6) is -0.184. The number of alkyl halides is 3. The molecule has 0 aromatic carbocycles. The quantitative estimate of drug-likeness (QED) is 0.942. The molecule has 8 heteroatoms. The van der Waals surface area contributed by atoms with Crippen molar-refractivity contribution in [3.63, 3.8) is 0 Å².